The topological polar surface area (TPSA) is 30.5 Å². The third-order valence-corrected chi connectivity index (χ3v) is 2.58. The van der Waals surface area contributed by atoms with E-state index in [4.69, 9.17) is 9.47 Å². The highest BCUT2D eigenvalue weighted by Gasteiger charge is 2.10. The molecule has 3 heteroatoms. The van der Waals surface area contributed by atoms with Crippen LogP contribution in [0.15, 0.2) is 0 Å². The summed E-state index contributed by atoms with van der Waals surface area (Å²) in [6.45, 7) is 8.86. The first kappa shape index (κ1) is 12.9. The first-order chi connectivity index (χ1) is 7.29. The third kappa shape index (κ3) is 6.88. The van der Waals surface area contributed by atoms with E-state index < -0.39 is 0 Å². The molecule has 1 aliphatic rings. The van der Waals surface area contributed by atoms with Gasteiger partial charge in [0.25, 0.3) is 0 Å². The second kappa shape index (κ2) is 8.08. The van der Waals surface area contributed by atoms with Gasteiger partial charge in [0, 0.05) is 32.4 Å². The van der Waals surface area contributed by atoms with Gasteiger partial charge in [-0.05, 0) is 25.2 Å². The molecule has 0 amide bonds. The third-order valence-electron chi connectivity index (χ3n) is 2.58. The first-order valence-electron chi connectivity index (χ1n) is 6.18. The van der Waals surface area contributed by atoms with Gasteiger partial charge < -0.3 is 14.8 Å². The molecule has 15 heavy (non-hydrogen) atoms. The molecule has 0 aromatic rings. The number of nitrogens with one attached hydrogen (secondary N) is 1. The van der Waals surface area contributed by atoms with Gasteiger partial charge in [-0.25, -0.2) is 0 Å². The maximum absolute atomic E-state index is 5.52. The highest BCUT2D eigenvalue weighted by molar-refractivity contribution is 4.68. The van der Waals surface area contributed by atoms with Crippen LogP contribution in [0.25, 0.3) is 0 Å². The number of ether oxygens (including phenoxy) is 2. The van der Waals surface area contributed by atoms with Crippen LogP contribution in [0.1, 0.15) is 33.1 Å². The summed E-state index contributed by atoms with van der Waals surface area (Å²) in [7, 11) is 0. The lowest BCUT2D eigenvalue weighted by Gasteiger charge is -2.15. The average molecular weight is 215 g/mol. The van der Waals surface area contributed by atoms with Crippen LogP contribution in [-0.2, 0) is 9.47 Å². The van der Waals surface area contributed by atoms with E-state index in [1.165, 1.54) is 12.8 Å². The van der Waals surface area contributed by atoms with Gasteiger partial charge in [0.1, 0.15) is 0 Å². The Balaban J connectivity index is 1.94. The van der Waals surface area contributed by atoms with Crippen LogP contribution < -0.4 is 5.32 Å². The zero-order valence-electron chi connectivity index (χ0n) is 10.1. The fourth-order valence-electron chi connectivity index (χ4n) is 1.76. The van der Waals surface area contributed by atoms with Crippen molar-refractivity contribution in [2.45, 2.75) is 39.2 Å². The molecule has 1 N–H and O–H groups in total. The van der Waals surface area contributed by atoms with Crippen molar-refractivity contribution in [1.82, 2.24) is 5.32 Å². The van der Waals surface area contributed by atoms with E-state index in [9.17, 15) is 0 Å². The van der Waals surface area contributed by atoms with Gasteiger partial charge in [-0.2, -0.15) is 0 Å². The quantitative estimate of drug-likeness (QED) is 0.686. The predicted molar refractivity (Wildman–Crippen MR) is 62.1 cm³/mol. The standard InChI is InChI=1S/C12H25NO2/c1-11(2)10-15-9-6-13-12-4-3-7-14-8-5-12/h11-13H,3-10H2,1-2H3. The molecule has 0 aromatic carbocycles. The summed E-state index contributed by atoms with van der Waals surface area (Å²) in [4.78, 5) is 0. The molecule has 1 rings (SSSR count). The highest BCUT2D eigenvalue weighted by atomic mass is 16.5. The first-order valence-corrected chi connectivity index (χ1v) is 6.18. The van der Waals surface area contributed by atoms with Crippen molar-refractivity contribution in [3.05, 3.63) is 0 Å². The van der Waals surface area contributed by atoms with Crippen molar-refractivity contribution in [3.63, 3.8) is 0 Å². The van der Waals surface area contributed by atoms with Crippen LogP contribution in [0, 0.1) is 5.92 Å². The average Bonchev–Trinajstić information content (AvgIpc) is 2.45. The Labute approximate surface area is 93.5 Å². The summed E-state index contributed by atoms with van der Waals surface area (Å²) in [5.41, 5.74) is 0. The lowest BCUT2D eigenvalue weighted by atomic mass is 10.1. The Kier molecular flexibility index (Phi) is 6.98. The van der Waals surface area contributed by atoms with Crippen LogP contribution in [-0.4, -0.2) is 39.0 Å². The molecule has 0 radical (unpaired) electrons. The van der Waals surface area contributed by atoms with Crippen molar-refractivity contribution < 1.29 is 9.47 Å². The van der Waals surface area contributed by atoms with E-state index in [1.54, 1.807) is 0 Å². The van der Waals surface area contributed by atoms with E-state index in [0.717, 1.165) is 39.4 Å². The molecule has 1 unspecified atom stereocenters. The Morgan fingerprint density at radius 3 is 3.00 bits per heavy atom. The Morgan fingerprint density at radius 2 is 2.20 bits per heavy atom. The molecule has 0 aliphatic carbocycles. The molecule has 1 heterocycles. The van der Waals surface area contributed by atoms with Gasteiger partial charge in [0.2, 0.25) is 0 Å². The summed E-state index contributed by atoms with van der Waals surface area (Å²) >= 11 is 0. The maximum Gasteiger partial charge on any atom is 0.0591 e. The van der Waals surface area contributed by atoms with Crippen molar-refractivity contribution in [2.24, 2.45) is 5.92 Å². The molecule has 1 saturated heterocycles. The maximum atomic E-state index is 5.52. The van der Waals surface area contributed by atoms with Crippen LogP contribution >= 0.6 is 0 Å². The summed E-state index contributed by atoms with van der Waals surface area (Å²) < 4.78 is 10.9. The van der Waals surface area contributed by atoms with Gasteiger partial charge in [-0.1, -0.05) is 13.8 Å². The van der Waals surface area contributed by atoms with Crippen molar-refractivity contribution in [3.8, 4) is 0 Å². The second-order valence-electron chi connectivity index (χ2n) is 4.66. The minimum atomic E-state index is 0.634. The van der Waals surface area contributed by atoms with E-state index >= 15 is 0 Å². The fraction of sp³-hybridized carbons (Fsp3) is 1.00. The minimum Gasteiger partial charge on any atom is -0.381 e. The van der Waals surface area contributed by atoms with Gasteiger partial charge in [-0.3, -0.25) is 0 Å². The number of rotatable bonds is 6. The molecule has 1 aliphatic heterocycles. The fourth-order valence-corrected chi connectivity index (χ4v) is 1.76. The molecule has 3 nitrogen and oxygen atoms in total. The lowest BCUT2D eigenvalue weighted by Crippen LogP contribution is -2.32. The summed E-state index contributed by atoms with van der Waals surface area (Å²) in [5, 5.41) is 3.53. The van der Waals surface area contributed by atoms with E-state index in [2.05, 4.69) is 19.2 Å². The van der Waals surface area contributed by atoms with Crippen molar-refractivity contribution in [1.29, 1.82) is 0 Å². The highest BCUT2D eigenvalue weighted by Crippen LogP contribution is 2.07. The Bertz CT molecular complexity index is 143. The zero-order chi connectivity index (χ0) is 10.9. The predicted octanol–water partition coefficient (Wildman–Crippen LogP) is 1.82. The van der Waals surface area contributed by atoms with E-state index in [0.29, 0.717) is 12.0 Å². The van der Waals surface area contributed by atoms with Gasteiger partial charge in [0.05, 0.1) is 6.61 Å². The molecule has 0 saturated carbocycles. The Hall–Kier alpha value is -0.120. The molecule has 90 valence electrons. The van der Waals surface area contributed by atoms with Crippen LogP contribution in [0.2, 0.25) is 0 Å². The van der Waals surface area contributed by atoms with Crippen molar-refractivity contribution >= 4 is 0 Å². The normalized spacial score (nSPS) is 23.0. The van der Waals surface area contributed by atoms with Crippen LogP contribution in [0.4, 0.5) is 0 Å². The summed E-state index contributed by atoms with van der Waals surface area (Å²) in [6, 6.07) is 0.634. The Morgan fingerprint density at radius 1 is 1.33 bits per heavy atom. The molecule has 0 spiro atoms. The SMILES string of the molecule is CC(C)COCCNC1CCCOCC1. The molecule has 1 atom stereocenters. The van der Waals surface area contributed by atoms with Crippen LogP contribution in [0.3, 0.4) is 0 Å². The molecular formula is C12H25NO2. The molecule has 0 bridgehead atoms. The minimum absolute atomic E-state index is 0.634. The number of hydrogen-bond acceptors (Lipinski definition) is 3. The van der Waals surface area contributed by atoms with E-state index in [-0.39, 0.29) is 0 Å². The molecular weight excluding hydrogens is 190 g/mol. The lowest BCUT2D eigenvalue weighted by molar-refractivity contribution is 0.109. The van der Waals surface area contributed by atoms with Crippen molar-refractivity contribution in [2.75, 3.05) is 33.0 Å². The van der Waals surface area contributed by atoms with Gasteiger partial charge in [-0.15, -0.1) is 0 Å². The zero-order valence-corrected chi connectivity index (χ0v) is 10.1. The smallest absolute Gasteiger partial charge is 0.0591 e. The van der Waals surface area contributed by atoms with Gasteiger partial charge in [0.15, 0.2) is 0 Å². The monoisotopic (exact) mass is 215 g/mol. The number of hydrogen-bond donors (Lipinski definition) is 1. The van der Waals surface area contributed by atoms with Crippen LogP contribution in [0.5, 0.6) is 0 Å². The van der Waals surface area contributed by atoms with Gasteiger partial charge >= 0.3 is 0 Å². The summed E-state index contributed by atoms with van der Waals surface area (Å²) in [6.07, 6.45) is 3.57. The van der Waals surface area contributed by atoms with E-state index in [1.807, 2.05) is 0 Å². The largest absolute Gasteiger partial charge is 0.381 e. The summed E-state index contributed by atoms with van der Waals surface area (Å²) in [5.74, 6) is 0.635. The molecule has 0 aromatic heterocycles. The molecule has 1 fully saturated rings. The second-order valence-corrected chi connectivity index (χ2v) is 4.66.